The second-order valence-electron chi connectivity index (χ2n) is 5.81. The van der Waals surface area contributed by atoms with Crippen molar-refractivity contribution in [1.82, 2.24) is 4.98 Å². The van der Waals surface area contributed by atoms with Gasteiger partial charge in [-0.3, -0.25) is 9.78 Å². The zero-order valence-corrected chi connectivity index (χ0v) is 14.8. The quantitative estimate of drug-likeness (QED) is 0.711. The Balaban J connectivity index is 1.90. The third-order valence-electron chi connectivity index (χ3n) is 4.23. The fourth-order valence-electron chi connectivity index (χ4n) is 2.79. The fourth-order valence-corrected chi connectivity index (χ4v) is 2.79. The molecular formula is C22H20N2O2. The summed E-state index contributed by atoms with van der Waals surface area (Å²) in [4.78, 5) is 16.8. The van der Waals surface area contributed by atoms with E-state index in [2.05, 4.69) is 16.9 Å². The second-order valence-corrected chi connectivity index (χ2v) is 5.81. The van der Waals surface area contributed by atoms with Crippen molar-refractivity contribution in [2.45, 2.75) is 6.92 Å². The van der Waals surface area contributed by atoms with Gasteiger partial charge in [-0.05, 0) is 29.7 Å². The van der Waals surface area contributed by atoms with Crippen LogP contribution in [-0.2, 0) is 0 Å². The number of nitrogens with one attached hydrogen (secondary N) is 1. The molecule has 1 aromatic heterocycles. The van der Waals surface area contributed by atoms with Crippen LogP contribution in [0, 0.1) is 6.92 Å². The first kappa shape index (κ1) is 17.4. The van der Waals surface area contributed by atoms with Gasteiger partial charge < -0.3 is 10.1 Å². The molecule has 0 aliphatic rings. The summed E-state index contributed by atoms with van der Waals surface area (Å²) < 4.78 is 5.29. The molecule has 0 bridgehead atoms. The molecule has 130 valence electrons. The molecule has 1 N–H and O–H groups in total. The highest BCUT2D eigenvalue weighted by atomic mass is 16.5. The Labute approximate surface area is 153 Å². The number of aromatic nitrogens is 1. The van der Waals surface area contributed by atoms with Crippen LogP contribution in [0.3, 0.4) is 0 Å². The Bertz CT molecular complexity index is 950. The molecule has 3 rings (SSSR count). The Hall–Kier alpha value is -3.40. The number of ether oxygens (including phenoxy) is 1. The van der Waals surface area contributed by atoms with Gasteiger partial charge in [-0.1, -0.05) is 55.1 Å². The van der Waals surface area contributed by atoms with E-state index in [1.54, 1.807) is 25.4 Å². The van der Waals surface area contributed by atoms with Crippen LogP contribution in [-0.4, -0.2) is 18.0 Å². The molecule has 2 aromatic carbocycles. The molecule has 0 saturated carbocycles. The highest BCUT2D eigenvalue weighted by Gasteiger charge is 2.13. The molecule has 4 heteroatoms. The monoisotopic (exact) mass is 344 g/mol. The molecule has 0 fully saturated rings. The van der Waals surface area contributed by atoms with Gasteiger partial charge >= 0.3 is 0 Å². The molecule has 26 heavy (non-hydrogen) atoms. The van der Waals surface area contributed by atoms with Gasteiger partial charge in [0.15, 0.2) is 0 Å². The lowest BCUT2D eigenvalue weighted by Gasteiger charge is -2.13. The number of pyridine rings is 1. The Morgan fingerprint density at radius 1 is 1.15 bits per heavy atom. The molecule has 0 aliphatic carbocycles. The summed E-state index contributed by atoms with van der Waals surface area (Å²) in [6.07, 6.45) is 3.22. The number of hydrogen-bond acceptors (Lipinski definition) is 3. The number of amides is 1. The number of benzene rings is 2. The van der Waals surface area contributed by atoms with Crippen molar-refractivity contribution in [1.29, 1.82) is 0 Å². The predicted molar refractivity (Wildman–Crippen MR) is 105 cm³/mol. The lowest BCUT2D eigenvalue weighted by Crippen LogP contribution is -2.15. The zero-order valence-electron chi connectivity index (χ0n) is 14.8. The number of methoxy groups -OCH3 is 1. The minimum Gasteiger partial charge on any atom is -0.496 e. The van der Waals surface area contributed by atoms with Gasteiger partial charge in [-0.15, -0.1) is 0 Å². The van der Waals surface area contributed by atoms with E-state index >= 15 is 0 Å². The minimum atomic E-state index is -0.285. The van der Waals surface area contributed by atoms with E-state index in [1.165, 1.54) is 0 Å². The van der Waals surface area contributed by atoms with Crippen molar-refractivity contribution in [3.63, 3.8) is 0 Å². The van der Waals surface area contributed by atoms with E-state index in [0.29, 0.717) is 5.75 Å². The zero-order chi connectivity index (χ0) is 18.5. The van der Waals surface area contributed by atoms with Crippen LogP contribution in [0.2, 0.25) is 0 Å². The summed E-state index contributed by atoms with van der Waals surface area (Å²) in [5, 5.41) is 2.94. The van der Waals surface area contributed by atoms with Crippen molar-refractivity contribution in [2.24, 2.45) is 0 Å². The van der Waals surface area contributed by atoms with E-state index < -0.39 is 0 Å². The number of carbonyl (C=O) groups excluding carboxylic acids is 1. The highest BCUT2D eigenvalue weighted by molar-refractivity contribution is 6.04. The summed E-state index contributed by atoms with van der Waals surface area (Å²) in [6.45, 7) is 5.70. The molecule has 1 amide bonds. The summed E-state index contributed by atoms with van der Waals surface area (Å²) >= 11 is 0. The van der Waals surface area contributed by atoms with Gasteiger partial charge in [0.1, 0.15) is 11.4 Å². The minimum absolute atomic E-state index is 0.285. The number of hydrogen-bond donors (Lipinski definition) is 1. The molecule has 0 aliphatic heterocycles. The van der Waals surface area contributed by atoms with Crippen molar-refractivity contribution in [2.75, 3.05) is 12.4 Å². The van der Waals surface area contributed by atoms with Gasteiger partial charge in [0.25, 0.3) is 5.91 Å². The first-order valence-electron chi connectivity index (χ1n) is 8.27. The third-order valence-corrected chi connectivity index (χ3v) is 4.23. The predicted octanol–water partition coefficient (Wildman–Crippen LogP) is 4.96. The van der Waals surface area contributed by atoms with E-state index in [-0.39, 0.29) is 11.6 Å². The average Bonchev–Trinajstić information content (AvgIpc) is 2.69. The molecule has 0 saturated heterocycles. The van der Waals surface area contributed by atoms with Crippen LogP contribution >= 0.6 is 0 Å². The van der Waals surface area contributed by atoms with E-state index in [4.69, 9.17) is 4.74 Å². The van der Waals surface area contributed by atoms with Gasteiger partial charge in [0.2, 0.25) is 0 Å². The molecule has 0 radical (unpaired) electrons. The first-order valence-corrected chi connectivity index (χ1v) is 8.27. The highest BCUT2D eigenvalue weighted by Crippen LogP contribution is 2.29. The smallest absolute Gasteiger partial charge is 0.274 e. The number of carbonyl (C=O) groups is 1. The van der Waals surface area contributed by atoms with E-state index in [0.717, 1.165) is 27.9 Å². The molecule has 0 unspecified atom stereocenters. The average molecular weight is 344 g/mol. The van der Waals surface area contributed by atoms with Crippen LogP contribution in [0.15, 0.2) is 67.4 Å². The van der Waals surface area contributed by atoms with E-state index in [9.17, 15) is 4.79 Å². The lowest BCUT2D eigenvalue weighted by molar-refractivity contribution is 0.102. The molecule has 4 nitrogen and oxygen atoms in total. The van der Waals surface area contributed by atoms with Crippen molar-refractivity contribution >= 4 is 17.7 Å². The summed E-state index contributed by atoms with van der Waals surface area (Å²) in [5.41, 5.74) is 4.97. The van der Waals surface area contributed by atoms with Crippen LogP contribution in [0.5, 0.6) is 5.75 Å². The first-order chi connectivity index (χ1) is 12.6. The molecular weight excluding hydrogens is 324 g/mol. The fraction of sp³-hybridized carbons (Fsp3) is 0.0909. The topological polar surface area (TPSA) is 51.2 Å². The Morgan fingerprint density at radius 3 is 2.62 bits per heavy atom. The normalized spacial score (nSPS) is 10.2. The number of rotatable bonds is 5. The van der Waals surface area contributed by atoms with Crippen LogP contribution in [0.1, 0.15) is 21.6 Å². The Morgan fingerprint density at radius 2 is 1.92 bits per heavy atom. The maximum atomic E-state index is 12.6. The lowest BCUT2D eigenvalue weighted by atomic mass is 9.99. The van der Waals surface area contributed by atoms with E-state index in [1.807, 2.05) is 55.5 Å². The Kier molecular flexibility index (Phi) is 5.13. The summed E-state index contributed by atoms with van der Waals surface area (Å²) in [6, 6.07) is 17.5. The van der Waals surface area contributed by atoms with Gasteiger partial charge in [-0.25, -0.2) is 0 Å². The van der Waals surface area contributed by atoms with Crippen LogP contribution in [0.25, 0.3) is 17.2 Å². The van der Waals surface area contributed by atoms with Gasteiger partial charge in [0, 0.05) is 23.5 Å². The molecule has 1 heterocycles. The molecule has 0 atom stereocenters. The maximum absolute atomic E-state index is 12.6. The van der Waals surface area contributed by atoms with Crippen LogP contribution in [0.4, 0.5) is 5.69 Å². The molecule has 0 spiro atoms. The van der Waals surface area contributed by atoms with Crippen molar-refractivity contribution in [3.8, 4) is 16.9 Å². The SMILES string of the molecule is C=Cc1cnc(C(=O)Nc2cccc(-c3ccccc3)c2C)cc1OC. The summed E-state index contributed by atoms with van der Waals surface area (Å²) in [7, 11) is 1.55. The summed E-state index contributed by atoms with van der Waals surface area (Å²) in [5.74, 6) is 0.280. The van der Waals surface area contributed by atoms with Crippen molar-refractivity contribution in [3.05, 3.63) is 84.2 Å². The standard InChI is InChI=1S/C22H20N2O2/c1-4-16-14-23-20(13-21(16)26-3)22(25)24-19-12-8-11-18(15(19)2)17-9-6-5-7-10-17/h4-14H,1H2,2-3H3,(H,24,25). The maximum Gasteiger partial charge on any atom is 0.274 e. The second kappa shape index (κ2) is 7.66. The third kappa shape index (κ3) is 3.49. The van der Waals surface area contributed by atoms with Gasteiger partial charge in [-0.2, -0.15) is 0 Å². The van der Waals surface area contributed by atoms with Crippen molar-refractivity contribution < 1.29 is 9.53 Å². The molecule has 3 aromatic rings. The van der Waals surface area contributed by atoms with Gasteiger partial charge in [0.05, 0.1) is 7.11 Å². The number of nitrogens with zero attached hydrogens (tertiary/aromatic N) is 1. The number of anilines is 1. The van der Waals surface area contributed by atoms with Crippen LogP contribution < -0.4 is 10.1 Å². The largest absolute Gasteiger partial charge is 0.496 e.